The fourth-order valence-corrected chi connectivity index (χ4v) is 3.00. The molecule has 2 aromatic rings. The van der Waals surface area contributed by atoms with Crippen LogP contribution in [0.15, 0.2) is 52.3 Å². The first-order valence-electron chi connectivity index (χ1n) is 6.75. The van der Waals surface area contributed by atoms with Crippen LogP contribution in [0.5, 0.6) is 5.75 Å². The topological polar surface area (TPSA) is 35.2 Å². The first kappa shape index (κ1) is 14.9. The van der Waals surface area contributed by atoms with Crippen molar-refractivity contribution in [2.45, 2.75) is 36.1 Å². The van der Waals surface area contributed by atoms with Gasteiger partial charge in [-0.1, -0.05) is 17.8 Å². The second-order valence-electron chi connectivity index (χ2n) is 5.05. The summed E-state index contributed by atoms with van der Waals surface area (Å²) in [5.74, 6) is 0.887. The molecule has 0 spiro atoms. The van der Waals surface area contributed by atoms with E-state index >= 15 is 0 Å². The van der Waals surface area contributed by atoms with Crippen LogP contribution in [0.2, 0.25) is 0 Å². The molecule has 0 heterocycles. The molecule has 0 saturated carbocycles. The number of methoxy groups -OCH3 is 1. The zero-order valence-corrected chi connectivity index (χ0v) is 13.0. The molecule has 2 rings (SSSR count). The van der Waals surface area contributed by atoms with Gasteiger partial charge in [-0.2, -0.15) is 0 Å². The molecular formula is C17H21NOS. The van der Waals surface area contributed by atoms with E-state index in [1.54, 1.807) is 18.9 Å². The van der Waals surface area contributed by atoms with E-state index in [9.17, 15) is 0 Å². The summed E-state index contributed by atoms with van der Waals surface area (Å²) < 4.78 is 5.17. The highest BCUT2D eigenvalue weighted by atomic mass is 32.2. The van der Waals surface area contributed by atoms with Gasteiger partial charge in [-0.05, 0) is 67.8 Å². The van der Waals surface area contributed by atoms with Gasteiger partial charge in [-0.25, -0.2) is 0 Å². The van der Waals surface area contributed by atoms with Crippen LogP contribution in [0.1, 0.15) is 18.1 Å². The Labute approximate surface area is 125 Å². The van der Waals surface area contributed by atoms with Crippen molar-refractivity contribution in [3.63, 3.8) is 0 Å². The zero-order valence-electron chi connectivity index (χ0n) is 12.2. The van der Waals surface area contributed by atoms with Gasteiger partial charge in [0.15, 0.2) is 0 Å². The third kappa shape index (κ3) is 4.02. The smallest absolute Gasteiger partial charge is 0.118 e. The molecule has 0 radical (unpaired) electrons. The van der Waals surface area contributed by atoms with Gasteiger partial charge in [0.25, 0.3) is 0 Å². The molecule has 20 heavy (non-hydrogen) atoms. The Morgan fingerprint density at radius 3 is 2.30 bits per heavy atom. The van der Waals surface area contributed by atoms with Crippen molar-refractivity contribution in [1.82, 2.24) is 0 Å². The molecule has 0 aliphatic heterocycles. The Morgan fingerprint density at radius 2 is 1.75 bits per heavy atom. The number of benzene rings is 2. The monoisotopic (exact) mass is 287 g/mol. The Balaban J connectivity index is 2.11. The van der Waals surface area contributed by atoms with Gasteiger partial charge in [-0.3, -0.25) is 0 Å². The van der Waals surface area contributed by atoms with Crippen molar-refractivity contribution in [3.05, 3.63) is 53.6 Å². The second kappa shape index (κ2) is 6.82. The molecule has 0 aliphatic carbocycles. The zero-order chi connectivity index (χ0) is 14.5. The minimum Gasteiger partial charge on any atom is -0.497 e. The summed E-state index contributed by atoms with van der Waals surface area (Å²) in [6.07, 6.45) is 0.930. The summed E-state index contributed by atoms with van der Waals surface area (Å²) in [6.45, 7) is 4.19. The molecule has 2 aromatic carbocycles. The summed E-state index contributed by atoms with van der Waals surface area (Å²) in [5, 5.41) is 0. The number of rotatable bonds is 5. The van der Waals surface area contributed by atoms with E-state index in [1.165, 1.54) is 20.9 Å². The average molecular weight is 287 g/mol. The van der Waals surface area contributed by atoms with Crippen LogP contribution < -0.4 is 10.5 Å². The van der Waals surface area contributed by atoms with Crippen LogP contribution in [0.3, 0.4) is 0 Å². The Bertz CT molecular complexity index is 564. The first-order chi connectivity index (χ1) is 9.58. The summed E-state index contributed by atoms with van der Waals surface area (Å²) in [7, 11) is 1.68. The summed E-state index contributed by atoms with van der Waals surface area (Å²) in [6, 6.07) is 14.9. The SMILES string of the molecule is COc1ccc(Sc2ccc(CC(C)N)c(C)c2)cc1. The lowest BCUT2D eigenvalue weighted by Crippen LogP contribution is -2.18. The maximum Gasteiger partial charge on any atom is 0.118 e. The van der Waals surface area contributed by atoms with Gasteiger partial charge in [0, 0.05) is 15.8 Å². The quantitative estimate of drug-likeness (QED) is 0.901. The average Bonchev–Trinajstić information content (AvgIpc) is 2.42. The number of nitrogens with two attached hydrogens (primary N) is 1. The summed E-state index contributed by atoms with van der Waals surface area (Å²) >= 11 is 1.76. The fourth-order valence-electron chi connectivity index (χ4n) is 2.09. The number of hydrogen-bond acceptors (Lipinski definition) is 3. The van der Waals surface area contributed by atoms with Gasteiger partial charge in [0.1, 0.15) is 5.75 Å². The van der Waals surface area contributed by atoms with Crippen molar-refractivity contribution in [2.24, 2.45) is 5.73 Å². The molecule has 2 nitrogen and oxygen atoms in total. The van der Waals surface area contributed by atoms with Crippen molar-refractivity contribution in [1.29, 1.82) is 0 Å². The fraction of sp³-hybridized carbons (Fsp3) is 0.294. The van der Waals surface area contributed by atoms with E-state index in [-0.39, 0.29) is 6.04 Å². The van der Waals surface area contributed by atoms with Crippen molar-refractivity contribution < 1.29 is 4.74 Å². The summed E-state index contributed by atoms with van der Waals surface area (Å²) in [4.78, 5) is 2.46. The number of ether oxygens (including phenoxy) is 1. The third-order valence-electron chi connectivity index (χ3n) is 3.15. The van der Waals surface area contributed by atoms with Crippen LogP contribution in [-0.2, 0) is 6.42 Å². The van der Waals surface area contributed by atoms with Gasteiger partial charge in [0.05, 0.1) is 7.11 Å². The van der Waals surface area contributed by atoms with Crippen molar-refractivity contribution in [3.8, 4) is 5.75 Å². The highest BCUT2D eigenvalue weighted by Gasteiger charge is 2.04. The maximum atomic E-state index is 5.87. The predicted molar refractivity (Wildman–Crippen MR) is 85.6 cm³/mol. The lowest BCUT2D eigenvalue weighted by molar-refractivity contribution is 0.414. The van der Waals surface area contributed by atoms with Crippen LogP contribution in [0, 0.1) is 6.92 Å². The van der Waals surface area contributed by atoms with E-state index in [0.29, 0.717) is 0 Å². The summed E-state index contributed by atoms with van der Waals surface area (Å²) in [5.41, 5.74) is 8.50. The molecule has 0 saturated heterocycles. The molecular weight excluding hydrogens is 266 g/mol. The molecule has 0 fully saturated rings. The van der Waals surface area contributed by atoms with E-state index in [4.69, 9.17) is 10.5 Å². The number of hydrogen-bond donors (Lipinski definition) is 1. The van der Waals surface area contributed by atoms with Crippen LogP contribution >= 0.6 is 11.8 Å². The van der Waals surface area contributed by atoms with E-state index in [2.05, 4.69) is 37.3 Å². The van der Waals surface area contributed by atoms with Crippen molar-refractivity contribution >= 4 is 11.8 Å². The van der Waals surface area contributed by atoms with Crippen LogP contribution in [0.4, 0.5) is 0 Å². The molecule has 2 N–H and O–H groups in total. The number of aryl methyl sites for hydroxylation is 1. The molecule has 1 unspecified atom stereocenters. The maximum absolute atomic E-state index is 5.87. The molecule has 106 valence electrons. The predicted octanol–water partition coefficient (Wildman–Crippen LogP) is 4.04. The minimum atomic E-state index is 0.203. The van der Waals surface area contributed by atoms with Gasteiger partial charge in [0.2, 0.25) is 0 Å². The molecule has 0 bridgehead atoms. The van der Waals surface area contributed by atoms with Gasteiger partial charge < -0.3 is 10.5 Å². The lowest BCUT2D eigenvalue weighted by atomic mass is 10.0. The minimum absolute atomic E-state index is 0.203. The van der Waals surface area contributed by atoms with E-state index in [1.807, 2.05) is 19.1 Å². The van der Waals surface area contributed by atoms with Crippen molar-refractivity contribution in [2.75, 3.05) is 7.11 Å². The highest BCUT2D eigenvalue weighted by molar-refractivity contribution is 7.99. The van der Waals surface area contributed by atoms with Crippen LogP contribution in [0.25, 0.3) is 0 Å². The van der Waals surface area contributed by atoms with E-state index in [0.717, 1.165) is 12.2 Å². The Morgan fingerprint density at radius 1 is 1.10 bits per heavy atom. The van der Waals surface area contributed by atoms with E-state index < -0.39 is 0 Å². The second-order valence-corrected chi connectivity index (χ2v) is 6.19. The molecule has 0 aromatic heterocycles. The van der Waals surface area contributed by atoms with Gasteiger partial charge in [-0.15, -0.1) is 0 Å². The third-order valence-corrected chi connectivity index (χ3v) is 4.15. The largest absolute Gasteiger partial charge is 0.497 e. The molecule has 1 atom stereocenters. The standard InChI is InChI=1S/C17H21NOS/c1-12-10-17(7-4-14(12)11-13(2)18)20-16-8-5-15(19-3)6-9-16/h4-10,13H,11,18H2,1-3H3. The Kier molecular flexibility index (Phi) is 5.10. The first-order valence-corrected chi connectivity index (χ1v) is 7.57. The lowest BCUT2D eigenvalue weighted by Gasteiger charge is -2.10. The van der Waals surface area contributed by atoms with Gasteiger partial charge >= 0.3 is 0 Å². The Hall–Kier alpha value is -1.45. The molecule has 0 amide bonds. The highest BCUT2D eigenvalue weighted by Crippen LogP contribution is 2.30. The molecule has 3 heteroatoms. The normalized spacial score (nSPS) is 12.2. The molecule has 0 aliphatic rings. The van der Waals surface area contributed by atoms with Crippen LogP contribution in [-0.4, -0.2) is 13.2 Å².